The van der Waals surface area contributed by atoms with Crippen molar-refractivity contribution >= 4 is 16.9 Å². The number of hydrogen-bond acceptors (Lipinski definition) is 2. The Labute approximate surface area is 125 Å². The molecule has 0 amide bonds. The van der Waals surface area contributed by atoms with Crippen LogP contribution < -0.4 is 0 Å². The van der Waals surface area contributed by atoms with Gasteiger partial charge in [0.05, 0.1) is 11.1 Å². The van der Waals surface area contributed by atoms with E-state index in [0.717, 1.165) is 29.7 Å². The molecule has 3 heteroatoms. The van der Waals surface area contributed by atoms with Crippen molar-refractivity contribution in [3.8, 4) is 0 Å². The number of nitrogens with zero attached hydrogens (tertiary/aromatic N) is 1. The molecule has 4 rings (SSSR count). The van der Waals surface area contributed by atoms with E-state index in [9.17, 15) is 4.79 Å². The lowest BCUT2D eigenvalue weighted by molar-refractivity contribution is 0.0697. The molecule has 2 aliphatic rings. The van der Waals surface area contributed by atoms with Crippen LogP contribution in [0.4, 0.5) is 0 Å². The summed E-state index contributed by atoms with van der Waals surface area (Å²) in [6.45, 7) is 2.28. The van der Waals surface area contributed by atoms with Gasteiger partial charge in [-0.1, -0.05) is 19.8 Å². The van der Waals surface area contributed by atoms with Gasteiger partial charge in [-0.3, -0.25) is 4.98 Å². The third-order valence-electron chi connectivity index (χ3n) is 4.21. The zero-order valence-corrected chi connectivity index (χ0v) is 12.4. The Hall–Kier alpha value is -1.90. The van der Waals surface area contributed by atoms with Gasteiger partial charge >= 0.3 is 5.97 Å². The van der Waals surface area contributed by atoms with E-state index in [0.29, 0.717) is 5.56 Å². The molecule has 0 saturated heterocycles. The standard InChI is InChI=1S/C14H13NO2.C4H8/c16-14(17)10-5-6-13-11(8-10)7-9-3-1-2-4-12(9)15-13;1-4-2-3-4/h5-8H,1-4H2,(H,16,17);4H,2-3H2,1H3. The summed E-state index contributed by atoms with van der Waals surface area (Å²) in [5.41, 5.74) is 3.70. The smallest absolute Gasteiger partial charge is 0.335 e. The second kappa shape index (κ2) is 5.84. The Morgan fingerprint density at radius 3 is 2.57 bits per heavy atom. The topological polar surface area (TPSA) is 50.2 Å². The first-order chi connectivity index (χ1) is 10.1. The molecule has 3 nitrogen and oxygen atoms in total. The van der Waals surface area contributed by atoms with E-state index in [1.807, 2.05) is 0 Å². The van der Waals surface area contributed by atoms with Crippen LogP contribution >= 0.6 is 0 Å². The van der Waals surface area contributed by atoms with Crippen molar-refractivity contribution in [3.05, 3.63) is 41.1 Å². The second-order valence-electron chi connectivity index (χ2n) is 6.20. The lowest BCUT2D eigenvalue weighted by Gasteiger charge is -2.15. The number of pyridine rings is 1. The van der Waals surface area contributed by atoms with Crippen molar-refractivity contribution in [2.75, 3.05) is 0 Å². The number of aromatic nitrogens is 1. The lowest BCUT2D eigenvalue weighted by Crippen LogP contribution is -2.05. The van der Waals surface area contributed by atoms with Gasteiger partial charge in [0, 0.05) is 11.1 Å². The summed E-state index contributed by atoms with van der Waals surface area (Å²) in [4.78, 5) is 15.5. The van der Waals surface area contributed by atoms with Crippen LogP contribution in [0, 0.1) is 5.92 Å². The highest BCUT2D eigenvalue weighted by Crippen LogP contribution is 2.26. The number of benzene rings is 1. The number of aromatic carboxylic acids is 1. The number of hydrogen-bond donors (Lipinski definition) is 1. The highest BCUT2D eigenvalue weighted by atomic mass is 16.4. The predicted octanol–water partition coefficient (Wildman–Crippen LogP) is 4.23. The summed E-state index contributed by atoms with van der Waals surface area (Å²) in [7, 11) is 0. The molecule has 0 spiro atoms. The summed E-state index contributed by atoms with van der Waals surface area (Å²) in [6, 6.07) is 7.23. The van der Waals surface area contributed by atoms with Crippen LogP contribution in [-0.4, -0.2) is 16.1 Å². The van der Waals surface area contributed by atoms with Gasteiger partial charge < -0.3 is 5.11 Å². The van der Waals surface area contributed by atoms with Gasteiger partial charge in [-0.15, -0.1) is 0 Å². The first-order valence-electron chi connectivity index (χ1n) is 7.79. The molecule has 0 atom stereocenters. The van der Waals surface area contributed by atoms with Crippen molar-refractivity contribution in [1.82, 2.24) is 4.98 Å². The maximum Gasteiger partial charge on any atom is 0.335 e. The fraction of sp³-hybridized carbons (Fsp3) is 0.444. The minimum atomic E-state index is -0.885. The van der Waals surface area contributed by atoms with E-state index in [2.05, 4.69) is 18.0 Å². The highest BCUT2D eigenvalue weighted by Gasteiger charge is 2.13. The minimum Gasteiger partial charge on any atom is -0.478 e. The molecule has 21 heavy (non-hydrogen) atoms. The Bertz CT molecular complexity index is 674. The van der Waals surface area contributed by atoms with E-state index in [1.165, 1.54) is 36.9 Å². The van der Waals surface area contributed by atoms with Crippen LogP contribution in [0.2, 0.25) is 0 Å². The zero-order valence-electron chi connectivity index (χ0n) is 12.4. The van der Waals surface area contributed by atoms with Crippen molar-refractivity contribution < 1.29 is 9.90 Å². The van der Waals surface area contributed by atoms with Crippen molar-refractivity contribution in [3.63, 3.8) is 0 Å². The number of rotatable bonds is 1. The van der Waals surface area contributed by atoms with E-state index < -0.39 is 5.97 Å². The van der Waals surface area contributed by atoms with Gasteiger partial charge in [0.2, 0.25) is 0 Å². The van der Waals surface area contributed by atoms with Gasteiger partial charge in [0.25, 0.3) is 0 Å². The van der Waals surface area contributed by atoms with Crippen molar-refractivity contribution in [2.24, 2.45) is 5.92 Å². The molecule has 1 saturated carbocycles. The van der Waals surface area contributed by atoms with Crippen LogP contribution in [-0.2, 0) is 12.8 Å². The number of aryl methyl sites for hydroxylation is 2. The van der Waals surface area contributed by atoms with E-state index in [4.69, 9.17) is 5.11 Å². The van der Waals surface area contributed by atoms with Gasteiger partial charge in [-0.25, -0.2) is 4.79 Å². The third-order valence-corrected chi connectivity index (χ3v) is 4.21. The maximum absolute atomic E-state index is 10.9. The van der Waals surface area contributed by atoms with Crippen LogP contribution in [0.5, 0.6) is 0 Å². The normalized spacial score (nSPS) is 16.8. The molecule has 1 N–H and O–H groups in total. The predicted molar refractivity (Wildman–Crippen MR) is 83.7 cm³/mol. The largest absolute Gasteiger partial charge is 0.478 e. The first-order valence-corrected chi connectivity index (χ1v) is 7.79. The first kappa shape index (κ1) is 14.1. The highest BCUT2D eigenvalue weighted by molar-refractivity contribution is 5.93. The van der Waals surface area contributed by atoms with E-state index in [-0.39, 0.29) is 0 Å². The van der Waals surface area contributed by atoms with Crippen LogP contribution in [0.3, 0.4) is 0 Å². The molecule has 0 bridgehead atoms. The summed E-state index contributed by atoms with van der Waals surface area (Å²) >= 11 is 0. The number of fused-ring (bicyclic) bond motifs is 2. The molecule has 0 unspecified atom stereocenters. The summed E-state index contributed by atoms with van der Waals surface area (Å²) < 4.78 is 0. The van der Waals surface area contributed by atoms with Gasteiger partial charge in [-0.05, 0) is 61.4 Å². The summed E-state index contributed by atoms with van der Waals surface area (Å²) in [6.07, 6.45) is 7.50. The number of carboxylic acid groups (broad SMARTS) is 1. The van der Waals surface area contributed by atoms with Crippen LogP contribution in [0.25, 0.3) is 10.9 Å². The Morgan fingerprint density at radius 1 is 1.19 bits per heavy atom. The molecule has 0 radical (unpaired) electrons. The second-order valence-corrected chi connectivity index (χ2v) is 6.20. The monoisotopic (exact) mass is 283 g/mol. The fourth-order valence-corrected chi connectivity index (χ4v) is 2.60. The maximum atomic E-state index is 10.9. The molecule has 0 aliphatic heterocycles. The van der Waals surface area contributed by atoms with Crippen LogP contribution in [0.1, 0.15) is 54.2 Å². The van der Waals surface area contributed by atoms with Gasteiger partial charge in [-0.2, -0.15) is 0 Å². The molecule has 1 fully saturated rings. The SMILES string of the molecule is CC1CC1.O=C(O)c1ccc2nc3c(cc2c1)CCCC3. The molecule has 110 valence electrons. The Morgan fingerprint density at radius 2 is 1.90 bits per heavy atom. The molecule has 1 aromatic heterocycles. The molecular weight excluding hydrogens is 262 g/mol. The van der Waals surface area contributed by atoms with Gasteiger partial charge in [0.15, 0.2) is 0 Å². The fourth-order valence-electron chi connectivity index (χ4n) is 2.60. The molecule has 2 aliphatic carbocycles. The molecule has 1 heterocycles. The van der Waals surface area contributed by atoms with Crippen LogP contribution in [0.15, 0.2) is 24.3 Å². The Balaban J connectivity index is 0.000000287. The molecule has 1 aromatic carbocycles. The Kier molecular flexibility index (Phi) is 3.91. The van der Waals surface area contributed by atoms with E-state index >= 15 is 0 Å². The molecule has 2 aromatic rings. The summed E-state index contributed by atoms with van der Waals surface area (Å²) in [5, 5.41) is 9.90. The van der Waals surface area contributed by atoms with Gasteiger partial charge in [0.1, 0.15) is 0 Å². The average molecular weight is 283 g/mol. The zero-order chi connectivity index (χ0) is 14.8. The van der Waals surface area contributed by atoms with Crippen molar-refractivity contribution in [1.29, 1.82) is 0 Å². The molecular formula is C18H21NO2. The van der Waals surface area contributed by atoms with Crippen molar-refractivity contribution in [2.45, 2.75) is 45.4 Å². The third kappa shape index (κ3) is 3.41. The van der Waals surface area contributed by atoms with E-state index in [1.54, 1.807) is 18.2 Å². The minimum absolute atomic E-state index is 0.329. The number of carbonyl (C=O) groups is 1. The number of carboxylic acids is 1. The average Bonchev–Trinajstić information content (AvgIpc) is 3.27. The quantitative estimate of drug-likeness (QED) is 0.852. The summed E-state index contributed by atoms with van der Waals surface area (Å²) in [5.74, 6) is 0.199. The lowest BCUT2D eigenvalue weighted by atomic mass is 9.94.